The molecule has 1 unspecified atom stereocenters. The molecule has 2 fully saturated rings. The number of nitrogens with one attached hydrogen (secondary N) is 1. The smallest absolute Gasteiger partial charge is 0.139 e. The van der Waals surface area contributed by atoms with Crippen molar-refractivity contribution in [3.05, 3.63) is 71.8 Å². The summed E-state index contributed by atoms with van der Waals surface area (Å²) in [5, 5.41) is 2.56. The Labute approximate surface area is 145 Å². The summed E-state index contributed by atoms with van der Waals surface area (Å²) in [6.07, 6.45) is 1.39. The number of benzene rings is 2. The van der Waals surface area contributed by atoms with Crippen molar-refractivity contribution in [2.45, 2.75) is 26.3 Å². The SMILES string of the molecule is C[C@]12C[NH2+]C[C@](C)(C[NH+](C(c3ccccc3)c3ccccc3)C1)C2. The number of quaternary nitrogens is 2. The van der Waals surface area contributed by atoms with Crippen LogP contribution in [-0.2, 0) is 0 Å². The minimum Gasteiger partial charge on any atom is -0.345 e. The molecule has 2 heterocycles. The highest BCUT2D eigenvalue weighted by atomic mass is 15.2. The zero-order valence-corrected chi connectivity index (χ0v) is 15.0. The summed E-state index contributed by atoms with van der Waals surface area (Å²) >= 11 is 0. The standard InChI is InChI=1S/C22H28N2/c1-21-13-22(2,15-23-14-21)17-24(16-21)20(18-9-5-3-6-10-18)19-11-7-4-8-12-19/h3-12,20,23H,13-17H2,1-2H3/p+2/t21-,22+. The Balaban J connectivity index is 1.74. The number of nitrogens with two attached hydrogens (primary N) is 1. The molecule has 4 rings (SSSR count). The molecule has 3 N–H and O–H groups in total. The lowest BCUT2D eigenvalue weighted by molar-refractivity contribution is -0.955. The quantitative estimate of drug-likeness (QED) is 0.858. The monoisotopic (exact) mass is 322 g/mol. The van der Waals surface area contributed by atoms with E-state index < -0.39 is 0 Å². The van der Waals surface area contributed by atoms with Crippen LogP contribution in [0.3, 0.4) is 0 Å². The molecular formula is C22H30N2+2. The Morgan fingerprint density at radius 1 is 0.792 bits per heavy atom. The fourth-order valence-electron chi connectivity index (χ4n) is 5.53. The third-order valence-corrected chi connectivity index (χ3v) is 6.11. The van der Waals surface area contributed by atoms with Crippen molar-refractivity contribution in [2.75, 3.05) is 26.2 Å². The first-order chi connectivity index (χ1) is 11.6. The van der Waals surface area contributed by atoms with E-state index in [1.807, 2.05) is 0 Å². The van der Waals surface area contributed by atoms with Gasteiger partial charge in [-0.25, -0.2) is 0 Å². The molecule has 0 radical (unpaired) electrons. The summed E-state index contributed by atoms with van der Waals surface area (Å²) < 4.78 is 0. The third-order valence-electron chi connectivity index (χ3n) is 6.11. The summed E-state index contributed by atoms with van der Waals surface area (Å²) in [7, 11) is 0. The van der Waals surface area contributed by atoms with E-state index in [-0.39, 0.29) is 0 Å². The van der Waals surface area contributed by atoms with Gasteiger partial charge in [0, 0.05) is 11.1 Å². The number of hydrogen-bond donors (Lipinski definition) is 2. The molecule has 2 aliphatic rings. The number of likely N-dealkylation sites (tertiary alicyclic amines) is 1. The minimum atomic E-state index is 0.449. The van der Waals surface area contributed by atoms with E-state index in [4.69, 9.17) is 0 Å². The predicted octanol–water partition coefficient (Wildman–Crippen LogP) is 1.65. The molecule has 0 saturated carbocycles. The lowest BCUT2D eigenvalue weighted by Crippen LogP contribution is -3.19. The molecule has 2 aliphatic heterocycles. The summed E-state index contributed by atoms with van der Waals surface area (Å²) in [5.74, 6) is 0. The molecule has 0 spiro atoms. The molecule has 0 aliphatic carbocycles. The van der Waals surface area contributed by atoms with E-state index in [0.29, 0.717) is 16.9 Å². The van der Waals surface area contributed by atoms with Crippen LogP contribution in [0.25, 0.3) is 0 Å². The third kappa shape index (κ3) is 3.01. The van der Waals surface area contributed by atoms with Gasteiger partial charge in [-0.05, 0) is 20.3 Å². The van der Waals surface area contributed by atoms with Gasteiger partial charge in [0.05, 0.1) is 37.0 Å². The zero-order valence-electron chi connectivity index (χ0n) is 15.0. The second kappa shape index (κ2) is 6.02. The van der Waals surface area contributed by atoms with Gasteiger partial charge in [0.15, 0.2) is 0 Å². The van der Waals surface area contributed by atoms with Crippen molar-refractivity contribution in [3.63, 3.8) is 0 Å². The first kappa shape index (κ1) is 15.9. The van der Waals surface area contributed by atoms with Crippen LogP contribution in [0.1, 0.15) is 37.4 Å². The Morgan fingerprint density at radius 3 is 1.71 bits per heavy atom. The molecule has 3 atom stereocenters. The molecule has 0 amide bonds. The maximum atomic E-state index is 2.56. The van der Waals surface area contributed by atoms with Gasteiger partial charge in [0.25, 0.3) is 0 Å². The van der Waals surface area contributed by atoms with Crippen molar-refractivity contribution >= 4 is 0 Å². The van der Waals surface area contributed by atoms with Crippen molar-refractivity contribution in [1.82, 2.24) is 0 Å². The molecule has 2 nitrogen and oxygen atoms in total. The Morgan fingerprint density at radius 2 is 1.25 bits per heavy atom. The molecular weight excluding hydrogens is 292 g/mol. The van der Waals surface area contributed by atoms with Gasteiger partial charge in [-0.15, -0.1) is 0 Å². The van der Waals surface area contributed by atoms with E-state index in [1.54, 1.807) is 4.90 Å². The van der Waals surface area contributed by atoms with Crippen LogP contribution in [0.2, 0.25) is 0 Å². The van der Waals surface area contributed by atoms with Gasteiger partial charge in [-0.2, -0.15) is 0 Å². The molecule has 2 aromatic rings. The number of piperidine rings is 2. The second-order valence-electron chi connectivity index (χ2n) is 8.76. The summed E-state index contributed by atoms with van der Waals surface area (Å²) in [6, 6.07) is 22.7. The van der Waals surface area contributed by atoms with Gasteiger partial charge >= 0.3 is 0 Å². The lowest BCUT2D eigenvalue weighted by Gasteiger charge is -2.51. The summed E-state index contributed by atoms with van der Waals surface area (Å²) in [6.45, 7) is 10.1. The normalized spacial score (nSPS) is 32.7. The van der Waals surface area contributed by atoms with E-state index >= 15 is 0 Å². The average Bonchev–Trinajstić information content (AvgIpc) is 2.55. The molecule has 0 aromatic heterocycles. The minimum absolute atomic E-state index is 0.449. The zero-order chi connectivity index (χ0) is 16.6. The Kier molecular flexibility index (Phi) is 3.98. The topological polar surface area (TPSA) is 21.1 Å². The van der Waals surface area contributed by atoms with Crippen LogP contribution < -0.4 is 10.2 Å². The summed E-state index contributed by atoms with van der Waals surface area (Å²) in [4.78, 5) is 1.75. The van der Waals surface area contributed by atoms with Gasteiger partial charge in [-0.1, -0.05) is 60.7 Å². The highest BCUT2D eigenvalue weighted by molar-refractivity contribution is 5.29. The molecule has 126 valence electrons. The number of hydrogen-bond acceptors (Lipinski definition) is 0. The second-order valence-corrected chi connectivity index (χ2v) is 8.76. The lowest BCUT2D eigenvalue weighted by atomic mass is 9.65. The fourth-order valence-corrected chi connectivity index (χ4v) is 5.53. The van der Waals surface area contributed by atoms with Crippen molar-refractivity contribution in [3.8, 4) is 0 Å². The maximum absolute atomic E-state index is 2.56. The highest BCUT2D eigenvalue weighted by Crippen LogP contribution is 2.37. The first-order valence-electron chi connectivity index (χ1n) is 9.33. The average molecular weight is 322 g/mol. The van der Waals surface area contributed by atoms with E-state index in [2.05, 4.69) is 79.8 Å². The predicted molar refractivity (Wildman–Crippen MR) is 97.9 cm³/mol. The molecule has 2 saturated heterocycles. The van der Waals surface area contributed by atoms with Crippen molar-refractivity contribution < 1.29 is 10.2 Å². The van der Waals surface area contributed by atoms with Crippen LogP contribution >= 0.6 is 0 Å². The van der Waals surface area contributed by atoms with E-state index in [9.17, 15) is 0 Å². The van der Waals surface area contributed by atoms with Gasteiger partial charge < -0.3 is 10.2 Å². The fraction of sp³-hybridized carbons (Fsp3) is 0.455. The largest absolute Gasteiger partial charge is 0.345 e. The molecule has 2 heteroatoms. The van der Waals surface area contributed by atoms with Crippen LogP contribution in [0.4, 0.5) is 0 Å². The van der Waals surface area contributed by atoms with Crippen molar-refractivity contribution in [2.24, 2.45) is 10.8 Å². The van der Waals surface area contributed by atoms with Gasteiger partial charge in [0.2, 0.25) is 0 Å². The molecule has 2 bridgehead atoms. The van der Waals surface area contributed by atoms with Crippen molar-refractivity contribution in [1.29, 1.82) is 0 Å². The highest BCUT2D eigenvalue weighted by Gasteiger charge is 2.52. The number of rotatable bonds is 3. The van der Waals surface area contributed by atoms with E-state index in [0.717, 1.165) is 0 Å². The van der Waals surface area contributed by atoms with Gasteiger partial charge in [0.1, 0.15) is 6.04 Å². The molecule has 2 aromatic carbocycles. The summed E-state index contributed by atoms with van der Waals surface area (Å²) in [5.41, 5.74) is 3.83. The van der Waals surface area contributed by atoms with Gasteiger partial charge in [-0.3, -0.25) is 0 Å². The first-order valence-corrected chi connectivity index (χ1v) is 9.33. The van der Waals surface area contributed by atoms with Crippen LogP contribution in [0, 0.1) is 10.8 Å². The Hall–Kier alpha value is -1.64. The van der Waals surface area contributed by atoms with Crippen LogP contribution in [0.5, 0.6) is 0 Å². The van der Waals surface area contributed by atoms with Crippen LogP contribution in [-0.4, -0.2) is 26.2 Å². The molecule has 24 heavy (non-hydrogen) atoms. The number of fused-ring (bicyclic) bond motifs is 2. The Bertz CT molecular complexity index is 626. The van der Waals surface area contributed by atoms with Crippen LogP contribution in [0.15, 0.2) is 60.7 Å². The van der Waals surface area contributed by atoms with E-state index in [1.165, 1.54) is 43.7 Å². The maximum Gasteiger partial charge on any atom is 0.139 e.